The SMILES string of the molecule is OCCOc1cc(COC2CCCCO2)cc(OCCO)c1. The lowest BCUT2D eigenvalue weighted by molar-refractivity contribution is -0.168. The molecule has 2 N–H and O–H groups in total. The van der Waals surface area contributed by atoms with Gasteiger partial charge in [0.2, 0.25) is 0 Å². The first-order valence-electron chi connectivity index (χ1n) is 7.66. The molecule has 124 valence electrons. The molecule has 1 aromatic carbocycles. The number of ether oxygens (including phenoxy) is 4. The van der Waals surface area contributed by atoms with E-state index in [0.29, 0.717) is 18.1 Å². The van der Waals surface area contributed by atoms with Crippen molar-refractivity contribution < 1.29 is 29.2 Å². The van der Waals surface area contributed by atoms with Gasteiger partial charge in [0, 0.05) is 12.7 Å². The van der Waals surface area contributed by atoms with Gasteiger partial charge >= 0.3 is 0 Å². The van der Waals surface area contributed by atoms with Crippen LogP contribution >= 0.6 is 0 Å². The Balaban J connectivity index is 1.96. The fourth-order valence-electron chi connectivity index (χ4n) is 2.24. The molecule has 1 aliphatic heterocycles. The van der Waals surface area contributed by atoms with Gasteiger partial charge in [-0.2, -0.15) is 0 Å². The summed E-state index contributed by atoms with van der Waals surface area (Å²) in [6.45, 7) is 1.48. The lowest BCUT2D eigenvalue weighted by atomic mass is 10.2. The van der Waals surface area contributed by atoms with E-state index in [2.05, 4.69) is 0 Å². The molecule has 0 saturated carbocycles. The van der Waals surface area contributed by atoms with Crippen LogP contribution in [0, 0.1) is 0 Å². The molecule has 6 heteroatoms. The standard InChI is InChI=1S/C16H24O6/c17-4-7-19-14-9-13(10-15(11-14)20-8-5-18)12-22-16-3-1-2-6-21-16/h9-11,16-18H,1-8,12H2. The average Bonchev–Trinajstić information content (AvgIpc) is 2.57. The Morgan fingerprint density at radius 1 is 1.00 bits per heavy atom. The van der Waals surface area contributed by atoms with Crippen molar-refractivity contribution in [2.24, 2.45) is 0 Å². The third-order valence-corrected chi connectivity index (χ3v) is 3.23. The van der Waals surface area contributed by atoms with E-state index in [1.807, 2.05) is 12.1 Å². The lowest BCUT2D eigenvalue weighted by Gasteiger charge is -2.23. The van der Waals surface area contributed by atoms with Crippen LogP contribution in [0.1, 0.15) is 24.8 Å². The molecule has 0 aliphatic carbocycles. The maximum atomic E-state index is 8.85. The van der Waals surface area contributed by atoms with E-state index in [4.69, 9.17) is 29.2 Å². The highest BCUT2D eigenvalue weighted by Gasteiger charge is 2.14. The minimum Gasteiger partial charge on any atom is -0.491 e. The summed E-state index contributed by atoms with van der Waals surface area (Å²) in [4.78, 5) is 0. The van der Waals surface area contributed by atoms with Crippen LogP contribution in [0.2, 0.25) is 0 Å². The summed E-state index contributed by atoms with van der Waals surface area (Å²) in [5.41, 5.74) is 0.901. The van der Waals surface area contributed by atoms with Crippen LogP contribution in [0.4, 0.5) is 0 Å². The van der Waals surface area contributed by atoms with Gasteiger partial charge in [0.15, 0.2) is 6.29 Å². The van der Waals surface area contributed by atoms with Gasteiger partial charge in [0.05, 0.1) is 19.8 Å². The molecule has 1 unspecified atom stereocenters. The van der Waals surface area contributed by atoms with E-state index in [-0.39, 0.29) is 32.7 Å². The van der Waals surface area contributed by atoms with Crippen LogP contribution in [-0.4, -0.2) is 49.5 Å². The van der Waals surface area contributed by atoms with Gasteiger partial charge in [-0.1, -0.05) is 0 Å². The highest BCUT2D eigenvalue weighted by molar-refractivity contribution is 5.38. The summed E-state index contributed by atoms with van der Waals surface area (Å²) >= 11 is 0. The normalized spacial score (nSPS) is 18.2. The maximum absolute atomic E-state index is 8.85. The van der Waals surface area contributed by atoms with Gasteiger partial charge in [-0.15, -0.1) is 0 Å². The third-order valence-electron chi connectivity index (χ3n) is 3.23. The van der Waals surface area contributed by atoms with Crippen molar-refractivity contribution >= 4 is 0 Å². The fraction of sp³-hybridized carbons (Fsp3) is 0.625. The van der Waals surface area contributed by atoms with Crippen molar-refractivity contribution in [1.82, 2.24) is 0 Å². The molecule has 0 radical (unpaired) electrons. The molecule has 1 saturated heterocycles. The Morgan fingerprint density at radius 2 is 1.68 bits per heavy atom. The van der Waals surface area contributed by atoms with E-state index < -0.39 is 0 Å². The molecule has 2 rings (SSSR count). The topological polar surface area (TPSA) is 77.4 Å². The van der Waals surface area contributed by atoms with Crippen LogP contribution in [0.5, 0.6) is 11.5 Å². The molecule has 0 bridgehead atoms. The van der Waals surface area contributed by atoms with Gasteiger partial charge in [0.25, 0.3) is 0 Å². The highest BCUT2D eigenvalue weighted by Crippen LogP contribution is 2.25. The maximum Gasteiger partial charge on any atom is 0.158 e. The van der Waals surface area contributed by atoms with E-state index >= 15 is 0 Å². The van der Waals surface area contributed by atoms with Crippen LogP contribution in [-0.2, 0) is 16.1 Å². The summed E-state index contributed by atoms with van der Waals surface area (Å²) in [5.74, 6) is 1.21. The van der Waals surface area contributed by atoms with E-state index in [9.17, 15) is 0 Å². The zero-order valence-electron chi connectivity index (χ0n) is 12.7. The fourth-order valence-corrected chi connectivity index (χ4v) is 2.24. The second-order valence-electron chi connectivity index (χ2n) is 5.06. The summed E-state index contributed by atoms with van der Waals surface area (Å²) in [6.07, 6.45) is 2.96. The molecule has 1 fully saturated rings. The molecule has 0 spiro atoms. The Hall–Kier alpha value is -1.34. The smallest absolute Gasteiger partial charge is 0.158 e. The van der Waals surface area contributed by atoms with Crippen molar-refractivity contribution in [2.75, 3.05) is 33.0 Å². The second-order valence-corrected chi connectivity index (χ2v) is 5.06. The second kappa shape index (κ2) is 9.63. The van der Waals surface area contributed by atoms with Gasteiger partial charge in [-0.25, -0.2) is 0 Å². The van der Waals surface area contributed by atoms with E-state index in [1.165, 1.54) is 0 Å². The van der Waals surface area contributed by atoms with Crippen molar-refractivity contribution in [2.45, 2.75) is 32.2 Å². The molecule has 1 aromatic rings. The van der Waals surface area contributed by atoms with E-state index in [1.54, 1.807) is 6.07 Å². The molecule has 6 nitrogen and oxygen atoms in total. The van der Waals surface area contributed by atoms with Crippen molar-refractivity contribution in [3.05, 3.63) is 23.8 Å². The number of hydrogen-bond donors (Lipinski definition) is 2. The van der Waals surface area contributed by atoms with Crippen LogP contribution in [0.25, 0.3) is 0 Å². The number of hydrogen-bond acceptors (Lipinski definition) is 6. The molecular weight excluding hydrogens is 288 g/mol. The van der Waals surface area contributed by atoms with E-state index in [0.717, 1.165) is 31.4 Å². The summed E-state index contributed by atoms with van der Waals surface area (Å²) in [6, 6.07) is 5.43. The van der Waals surface area contributed by atoms with Crippen LogP contribution < -0.4 is 9.47 Å². The Morgan fingerprint density at radius 3 is 2.23 bits per heavy atom. The monoisotopic (exact) mass is 312 g/mol. The number of aliphatic hydroxyl groups is 2. The molecule has 0 aromatic heterocycles. The molecule has 1 heterocycles. The first kappa shape index (κ1) is 17.0. The zero-order chi connectivity index (χ0) is 15.6. The van der Waals surface area contributed by atoms with Crippen molar-refractivity contribution in [3.63, 3.8) is 0 Å². The predicted octanol–water partition coefficient (Wildman–Crippen LogP) is 1.47. The molecule has 0 amide bonds. The molecule has 1 aliphatic rings. The minimum atomic E-state index is -0.155. The van der Waals surface area contributed by atoms with Gasteiger partial charge < -0.3 is 29.2 Å². The number of benzene rings is 1. The average molecular weight is 312 g/mol. The Bertz CT molecular complexity index is 404. The summed E-state index contributed by atoms with van der Waals surface area (Å²) < 4.78 is 22.2. The Labute approximate surface area is 130 Å². The van der Waals surface area contributed by atoms with Crippen molar-refractivity contribution in [1.29, 1.82) is 0 Å². The number of aliphatic hydroxyl groups excluding tert-OH is 2. The van der Waals surface area contributed by atoms with Crippen molar-refractivity contribution in [3.8, 4) is 11.5 Å². The molecule has 22 heavy (non-hydrogen) atoms. The summed E-state index contributed by atoms with van der Waals surface area (Å²) in [7, 11) is 0. The minimum absolute atomic E-state index is 0.0521. The third kappa shape index (κ3) is 5.81. The van der Waals surface area contributed by atoms with Crippen LogP contribution in [0.15, 0.2) is 18.2 Å². The number of rotatable bonds is 9. The predicted molar refractivity (Wildman–Crippen MR) is 80.0 cm³/mol. The Kier molecular flexibility index (Phi) is 7.45. The first-order chi connectivity index (χ1) is 10.8. The lowest BCUT2D eigenvalue weighted by Crippen LogP contribution is -2.22. The summed E-state index contributed by atoms with van der Waals surface area (Å²) in [5, 5.41) is 17.7. The molecule has 1 atom stereocenters. The van der Waals surface area contributed by atoms with Gasteiger partial charge in [-0.05, 0) is 37.0 Å². The zero-order valence-corrected chi connectivity index (χ0v) is 12.7. The van der Waals surface area contributed by atoms with Crippen LogP contribution in [0.3, 0.4) is 0 Å². The molecular formula is C16H24O6. The van der Waals surface area contributed by atoms with Gasteiger partial charge in [0.1, 0.15) is 24.7 Å². The quantitative estimate of drug-likeness (QED) is 0.719. The largest absolute Gasteiger partial charge is 0.491 e. The van der Waals surface area contributed by atoms with Gasteiger partial charge in [-0.3, -0.25) is 0 Å². The first-order valence-corrected chi connectivity index (χ1v) is 7.66. The highest BCUT2D eigenvalue weighted by atomic mass is 16.7.